The predicted molar refractivity (Wildman–Crippen MR) is 45.8 cm³/mol. The van der Waals surface area contributed by atoms with Gasteiger partial charge in [-0.15, -0.1) is 0 Å². The topological polar surface area (TPSA) is 28.7 Å². The number of pyridine rings is 1. The minimum Gasteiger partial charge on any atom is -0.343 e. The van der Waals surface area contributed by atoms with Gasteiger partial charge in [0.05, 0.1) is 5.56 Å². The van der Waals surface area contributed by atoms with Crippen LogP contribution in [0.4, 0.5) is 13.2 Å². The van der Waals surface area contributed by atoms with Crippen molar-refractivity contribution in [2.45, 2.75) is 13.1 Å². The highest BCUT2D eigenvalue weighted by Crippen LogP contribution is 2.36. The Labute approximate surface area is 77.8 Å². The molecule has 0 aliphatic heterocycles. The molecule has 0 bridgehead atoms. The van der Waals surface area contributed by atoms with Gasteiger partial charge in [0.25, 0.3) is 0 Å². The number of nitrogens with one attached hydrogen (secondary N) is 1. The van der Waals surface area contributed by atoms with Gasteiger partial charge in [0.15, 0.2) is 0 Å². The summed E-state index contributed by atoms with van der Waals surface area (Å²) in [5.74, 6) is 0. The van der Waals surface area contributed by atoms with Crippen LogP contribution in [-0.4, -0.2) is 9.97 Å². The van der Waals surface area contributed by atoms with E-state index in [1.54, 1.807) is 0 Å². The molecule has 0 fully saturated rings. The van der Waals surface area contributed by atoms with Gasteiger partial charge in [-0.1, -0.05) is 0 Å². The average Bonchev–Trinajstić information content (AvgIpc) is 2.38. The summed E-state index contributed by atoms with van der Waals surface area (Å²) >= 11 is 0. The number of hydrogen-bond donors (Lipinski definition) is 1. The summed E-state index contributed by atoms with van der Waals surface area (Å²) in [5, 5.41) is 0.123. The van der Waals surface area contributed by atoms with Crippen LogP contribution in [-0.2, 0) is 6.18 Å². The molecule has 0 unspecified atom stereocenters. The highest BCUT2D eigenvalue weighted by molar-refractivity contribution is 5.81. The second-order valence-corrected chi connectivity index (χ2v) is 3.02. The van der Waals surface area contributed by atoms with E-state index in [2.05, 4.69) is 9.97 Å². The minimum atomic E-state index is -4.33. The van der Waals surface area contributed by atoms with Gasteiger partial charge in [0, 0.05) is 17.3 Å². The number of nitrogens with zero attached hydrogens (tertiary/aromatic N) is 1. The molecular weight excluding hydrogens is 193 g/mol. The van der Waals surface area contributed by atoms with Gasteiger partial charge in [-0.25, -0.2) is 4.98 Å². The quantitative estimate of drug-likeness (QED) is 0.695. The van der Waals surface area contributed by atoms with E-state index < -0.39 is 11.7 Å². The second kappa shape index (κ2) is 2.73. The molecule has 74 valence electrons. The lowest BCUT2D eigenvalue weighted by atomic mass is 10.2. The molecule has 2 heterocycles. The average molecular weight is 200 g/mol. The summed E-state index contributed by atoms with van der Waals surface area (Å²) in [6, 6.07) is 2.90. The van der Waals surface area contributed by atoms with E-state index in [9.17, 15) is 13.2 Å². The molecule has 0 spiro atoms. The first-order valence-electron chi connectivity index (χ1n) is 4.00. The first-order valence-corrected chi connectivity index (χ1v) is 4.00. The molecule has 2 nitrogen and oxygen atoms in total. The summed E-state index contributed by atoms with van der Waals surface area (Å²) in [6.45, 7) is 1.39. The van der Waals surface area contributed by atoms with Gasteiger partial charge in [0.1, 0.15) is 5.65 Å². The largest absolute Gasteiger partial charge is 0.418 e. The summed E-state index contributed by atoms with van der Waals surface area (Å²) in [4.78, 5) is 6.42. The van der Waals surface area contributed by atoms with Gasteiger partial charge in [-0.3, -0.25) is 0 Å². The molecule has 14 heavy (non-hydrogen) atoms. The fourth-order valence-electron chi connectivity index (χ4n) is 1.51. The molecule has 2 rings (SSSR count). The van der Waals surface area contributed by atoms with Crippen LogP contribution in [0.1, 0.15) is 11.3 Å². The number of rotatable bonds is 0. The molecule has 5 heteroatoms. The number of aryl methyl sites for hydroxylation is 1. The Hall–Kier alpha value is -1.52. The molecule has 0 aliphatic rings. The summed E-state index contributed by atoms with van der Waals surface area (Å²) in [5.41, 5.74) is -0.246. The fraction of sp³-hybridized carbons (Fsp3) is 0.222. The van der Waals surface area contributed by atoms with Crippen molar-refractivity contribution in [1.82, 2.24) is 9.97 Å². The monoisotopic (exact) mass is 200 g/mol. The van der Waals surface area contributed by atoms with E-state index in [1.807, 2.05) is 0 Å². The third kappa shape index (κ3) is 1.25. The number of halogens is 3. The molecule has 0 aliphatic carbocycles. The van der Waals surface area contributed by atoms with Crippen LogP contribution in [0.3, 0.4) is 0 Å². The van der Waals surface area contributed by atoms with Gasteiger partial charge in [-0.2, -0.15) is 13.2 Å². The molecule has 0 aromatic carbocycles. The zero-order valence-electron chi connectivity index (χ0n) is 7.31. The SMILES string of the molecule is Cc1[nH]c2ncccc2c1C(F)(F)F. The van der Waals surface area contributed by atoms with E-state index in [-0.39, 0.29) is 16.7 Å². The van der Waals surface area contributed by atoms with Crippen molar-refractivity contribution in [2.24, 2.45) is 0 Å². The van der Waals surface area contributed by atoms with Gasteiger partial charge in [-0.05, 0) is 19.1 Å². The lowest BCUT2D eigenvalue weighted by molar-refractivity contribution is -0.136. The number of fused-ring (bicyclic) bond motifs is 1. The van der Waals surface area contributed by atoms with Crippen LogP contribution in [0.2, 0.25) is 0 Å². The van der Waals surface area contributed by atoms with Crippen LogP contribution >= 0.6 is 0 Å². The maximum absolute atomic E-state index is 12.6. The van der Waals surface area contributed by atoms with Crippen molar-refractivity contribution in [1.29, 1.82) is 0 Å². The first-order chi connectivity index (χ1) is 6.50. The van der Waals surface area contributed by atoms with Crippen LogP contribution in [0.15, 0.2) is 18.3 Å². The van der Waals surface area contributed by atoms with Gasteiger partial charge in [0.2, 0.25) is 0 Å². The molecular formula is C9H7F3N2. The van der Waals surface area contributed by atoms with Crippen molar-refractivity contribution in [3.63, 3.8) is 0 Å². The van der Waals surface area contributed by atoms with Crippen molar-refractivity contribution in [3.05, 3.63) is 29.6 Å². The summed E-state index contributed by atoms with van der Waals surface area (Å²) in [7, 11) is 0. The molecule has 0 radical (unpaired) electrons. The standard InChI is InChI=1S/C9H7F3N2/c1-5-7(9(10,11)12)6-3-2-4-13-8(6)14-5/h2-4H,1H3,(H,13,14). The minimum absolute atomic E-state index is 0.103. The van der Waals surface area contributed by atoms with Gasteiger partial charge >= 0.3 is 6.18 Å². The van der Waals surface area contributed by atoms with Crippen molar-refractivity contribution < 1.29 is 13.2 Å². The number of H-pyrrole nitrogens is 1. The smallest absolute Gasteiger partial charge is 0.343 e. The number of aromatic nitrogens is 2. The van der Waals surface area contributed by atoms with Crippen LogP contribution < -0.4 is 0 Å². The molecule has 0 atom stereocenters. The van der Waals surface area contributed by atoms with Crippen LogP contribution in [0.5, 0.6) is 0 Å². The Bertz CT molecular complexity index is 470. The van der Waals surface area contributed by atoms with E-state index in [4.69, 9.17) is 0 Å². The highest BCUT2D eigenvalue weighted by Gasteiger charge is 2.35. The van der Waals surface area contributed by atoms with E-state index in [0.29, 0.717) is 0 Å². The van der Waals surface area contributed by atoms with E-state index in [1.165, 1.54) is 25.3 Å². The summed E-state index contributed by atoms with van der Waals surface area (Å²) in [6.07, 6.45) is -2.87. The molecule has 0 amide bonds. The Morgan fingerprint density at radius 2 is 2.07 bits per heavy atom. The zero-order chi connectivity index (χ0) is 10.3. The normalized spacial score (nSPS) is 12.3. The Morgan fingerprint density at radius 1 is 1.36 bits per heavy atom. The third-order valence-electron chi connectivity index (χ3n) is 2.04. The maximum Gasteiger partial charge on any atom is 0.418 e. The molecule has 2 aromatic heterocycles. The van der Waals surface area contributed by atoms with E-state index in [0.717, 1.165) is 0 Å². The first kappa shape index (κ1) is 9.05. The Morgan fingerprint density at radius 3 is 2.71 bits per heavy atom. The molecule has 1 N–H and O–H groups in total. The van der Waals surface area contributed by atoms with Gasteiger partial charge < -0.3 is 4.98 Å². The lowest BCUT2D eigenvalue weighted by Crippen LogP contribution is -2.05. The summed E-state index contributed by atoms with van der Waals surface area (Å²) < 4.78 is 37.7. The van der Waals surface area contributed by atoms with Crippen molar-refractivity contribution in [3.8, 4) is 0 Å². The van der Waals surface area contributed by atoms with Crippen LogP contribution in [0, 0.1) is 6.92 Å². The molecule has 0 saturated carbocycles. The fourth-order valence-corrected chi connectivity index (χ4v) is 1.51. The third-order valence-corrected chi connectivity index (χ3v) is 2.04. The second-order valence-electron chi connectivity index (χ2n) is 3.02. The van der Waals surface area contributed by atoms with Crippen LogP contribution in [0.25, 0.3) is 11.0 Å². The Kier molecular flexibility index (Phi) is 1.77. The maximum atomic E-state index is 12.6. The number of alkyl halides is 3. The highest BCUT2D eigenvalue weighted by atomic mass is 19.4. The van der Waals surface area contributed by atoms with Crippen molar-refractivity contribution >= 4 is 11.0 Å². The van der Waals surface area contributed by atoms with Crippen molar-refractivity contribution in [2.75, 3.05) is 0 Å². The lowest BCUT2D eigenvalue weighted by Gasteiger charge is -2.05. The molecule has 2 aromatic rings. The predicted octanol–water partition coefficient (Wildman–Crippen LogP) is 2.89. The Balaban J connectivity index is 2.81. The number of aromatic amines is 1. The molecule has 0 saturated heterocycles. The zero-order valence-corrected chi connectivity index (χ0v) is 7.31. The number of hydrogen-bond acceptors (Lipinski definition) is 1. The van der Waals surface area contributed by atoms with E-state index >= 15 is 0 Å².